The summed E-state index contributed by atoms with van der Waals surface area (Å²) in [6, 6.07) is 5.84. The Morgan fingerprint density at radius 1 is 1.41 bits per heavy atom. The average Bonchev–Trinajstić information content (AvgIpc) is 2.61. The molecule has 6 heteroatoms. The van der Waals surface area contributed by atoms with E-state index in [0.717, 1.165) is 4.90 Å². The highest BCUT2D eigenvalue weighted by Crippen LogP contribution is 2.12. The summed E-state index contributed by atoms with van der Waals surface area (Å²) in [4.78, 5) is 35.2. The second kappa shape index (κ2) is 4.55. The summed E-state index contributed by atoms with van der Waals surface area (Å²) in [5, 5.41) is 2.78. The molecule has 0 atom stereocenters. The molecule has 17 heavy (non-hydrogen) atoms. The van der Waals surface area contributed by atoms with Crippen LogP contribution in [0, 0.1) is 0 Å². The van der Waals surface area contributed by atoms with Crippen molar-refractivity contribution in [1.82, 2.24) is 10.2 Å². The number of urea groups is 1. The number of amides is 3. The van der Waals surface area contributed by atoms with E-state index in [9.17, 15) is 14.4 Å². The van der Waals surface area contributed by atoms with E-state index in [-0.39, 0.29) is 18.9 Å². The molecule has 0 spiro atoms. The molecule has 3 amide bonds. The van der Waals surface area contributed by atoms with E-state index in [1.54, 1.807) is 18.2 Å². The summed E-state index contributed by atoms with van der Waals surface area (Å²) >= 11 is 5.75. The van der Waals surface area contributed by atoms with Crippen LogP contribution in [-0.2, 0) is 4.79 Å². The number of hydrogen-bond donors (Lipinski definition) is 1. The van der Waals surface area contributed by atoms with Gasteiger partial charge in [-0.2, -0.15) is 0 Å². The number of imide groups is 1. The Balaban J connectivity index is 2.12. The quantitative estimate of drug-likeness (QED) is 0.647. The van der Waals surface area contributed by atoms with Crippen molar-refractivity contribution < 1.29 is 14.4 Å². The Hall–Kier alpha value is -1.88. The fourth-order valence-electron chi connectivity index (χ4n) is 1.51. The number of halogens is 1. The van der Waals surface area contributed by atoms with Crippen LogP contribution in [0.25, 0.3) is 0 Å². The monoisotopic (exact) mass is 252 g/mol. The molecule has 0 unspecified atom stereocenters. The molecular weight excluding hydrogens is 244 g/mol. The lowest BCUT2D eigenvalue weighted by atomic mass is 10.1. The van der Waals surface area contributed by atoms with E-state index in [2.05, 4.69) is 5.32 Å². The number of carbonyl (C=O) groups is 3. The highest BCUT2D eigenvalue weighted by Gasteiger charge is 2.30. The first-order valence-corrected chi connectivity index (χ1v) is 5.32. The van der Waals surface area contributed by atoms with Crippen molar-refractivity contribution in [3.8, 4) is 0 Å². The van der Waals surface area contributed by atoms with Gasteiger partial charge < -0.3 is 5.32 Å². The van der Waals surface area contributed by atoms with Crippen molar-refractivity contribution in [2.24, 2.45) is 0 Å². The van der Waals surface area contributed by atoms with E-state index < -0.39 is 11.9 Å². The zero-order valence-corrected chi connectivity index (χ0v) is 9.53. The number of benzene rings is 1. The normalized spacial score (nSPS) is 15.0. The van der Waals surface area contributed by atoms with Gasteiger partial charge in [0.25, 0.3) is 0 Å². The smallest absolute Gasteiger partial charge is 0.325 e. The third kappa shape index (κ3) is 2.45. The van der Waals surface area contributed by atoms with Crippen LogP contribution in [0.1, 0.15) is 10.4 Å². The molecule has 88 valence electrons. The molecule has 0 aromatic heterocycles. The van der Waals surface area contributed by atoms with Gasteiger partial charge in [0.2, 0.25) is 5.91 Å². The van der Waals surface area contributed by atoms with Gasteiger partial charge in [-0.3, -0.25) is 14.5 Å². The van der Waals surface area contributed by atoms with Crippen LogP contribution < -0.4 is 5.32 Å². The van der Waals surface area contributed by atoms with Gasteiger partial charge in [-0.1, -0.05) is 23.7 Å². The van der Waals surface area contributed by atoms with E-state index in [1.165, 1.54) is 6.07 Å². The van der Waals surface area contributed by atoms with Crippen LogP contribution in [0.15, 0.2) is 24.3 Å². The number of ketones is 1. The highest BCUT2D eigenvalue weighted by atomic mass is 35.5. The summed E-state index contributed by atoms with van der Waals surface area (Å²) in [5.74, 6) is -0.719. The topological polar surface area (TPSA) is 66.5 Å². The Morgan fingerprint density at radius 3 is 2.76 bits per heavy atom. The molecule has 1 fully saturated rings. The number of nitrogens with one attached hydrogen (secondary N) is 1. The predicted octanol–water partition coefficient (Wildman–Crippen LogP) is 1.07. The lowest BCUT2D eigenvalue weighted by Gasteiger charge is -2.11. The van der Waals surface area contributed by atoms with Gasteiger partial charge in [0.05, 0.1) is 13.1 Å². The Labute approximate surface area is 102 Å². The average molecular weight is 253 g/mol. The molecule has 0 bridgehead atoms. The molecule has 1 heterocycles. The largest absolute Gasteiger partial charge is 0.329 e. The first-order chi connectivity index (χ1) is 8.08. The molecule has 1 aliphatic heterocycles. The van der Waals surface area contributed by atoms with Crippen molar-refractivity contribution in [1.29, 1.82) is 0 Å². The molecule has 1 N–H and O–H groups in total. The minimum atomic E-state index is -0.537. The first kappa shape index (κ1) is 11.6. The third-order valence-corrected chi connectivity index (χ3v) is 2.62. The summed E-state index contributed by atoms with van der Waals surface area (Å²) in [6.07, 6.45) is 0. The molecule has 0 radical (unpaired) electrons. The predicted molar refractivity (Wildman–Crippen MR) is 60.9 cm³/mol. The number of hydrogen-bond acceptors (Lipinski definition) is 3. The van der Waals surface area contributed by atoms with Gasteiger partial charge in [-0.25, -0.2) is 4.79 Å². The van der Waals surface area contributed by atoms with E-state index in [4.69, 9.17) is 11.6 Å². The van der Waals surface area contributed by atoms with Gasteiger partial charge in [0.15, 0.2) is 5.78 Å². The Bertz CT molecular complexity index is 485. The third-order valence-electron chi connectivity index (χ3n) is 2.39. The van der Waals surface area contributed by atoms with Gasteiger partial charge >= 0.3 is 6.03 Å². The number of carbonyl (C=O) groups excluding carboxylic acids is 3. The Kier molecular flexibility index (Phi) is 3.10. The molecule has 2 rings (SSSR count). The van der Waals surface area contributed by atoms with Crippen LogP contribution in [0.2, 0.25) is 5.02 Å². The zero-order valence-electron chi connectivity index (χ0n) is 8.77. The van der Waals surface area contributed by atoms with Crippen LogP contribution >= 0.6 is 11.6 Å². The number of nitrogens with zero attached hydrogens (tertiary/aromatic N) is 1. The van der Waals surface area contributed by atoms with Gasteiger partial charge in [0, 0.05) is 10.6 Å². The zero-order chi connectivity index (χ0) is 12.4. The van der Waals surface area contributed by atoms with Crippen LogP contribution in [0.4, 0.5) is 4.79 Å². The van der Waals surface area contributed by atoms with Gasteiger partial charge in [-0.15, -0.1) is 0 Å². The molecule has 0 saturated carbocycles. The minimum absolute atomic E-state index is 0.0539. The summed E-state index contributed by atoms with van der Waals surface area (Å²) in [7, 11) is 0. The van der Waals surface area contributed by atoms with Crippen molar-refractivity contribution in [2.45, 2.75) is 0 Å². The van der Waals surface area contributed by atoms with E-state index in [0.29, 0.717) is 10.6 Å². The lowest BCUT2D eigenvalue weighted by Crippen LogP contribution is -2.35. The molecule has 1 aromatic carbocycles. The van der Waals surface area contributed by atoms with Crippen LogP contribution in [0.5, 0.6) is 0 Å². The molecule has 5 nitrogen and oxygen atoms in total. The summed E-state index contributed by atoms with van der Waals surface area (Å²) < 4.78 is 0. The van der Waals surface area contributed by atoms with Crippen LogP contribution in [0.3, 0.4) is 0 Å². The van der Waals surface area contributed by atoms with Crippen molar-refractivity contribution in [3.05, 3.63) is 34.9 Å². The summed E-state index contributed by atoms with van der Waals surface area (Å²) in [6.45, 7) is -0.313. The minimum Gasteiger partial charge on any atom is -0.329 e. The second-order valence-electron chi connectivity index (χ2n) is 3.57. The van der Waals surface area contributed by atoms with Crippen molar-refractivity contribution in [2.75, 3.05) is 13.1 Å². The standard InChI is InChI=1S/C11H9ClN2O3/c12-8-3-1-2-7(4-8)9(15)6-14-10(16)5-13-11(14)17/h1-4H,5-6H2,(H,13,17). The first-order valence-electron chi connectivity index (χ1n) is 4.95. The Morgan fingerprint density at radius 2 is 2.18 bits per heavy atom. The maximum atomic E-state index is 11.8. The number of Topliss-reactive ketones (excluding diaryl/α,β-unsaturated/α-hetero) is 1. The van der Waals surface area contributed by atoms with Crippen molar-refractivity contribution in [3.63, 3.8) is 0 Å². The maximum Gasteiger partial charge on any atom is 0.325 e. The fraction of sp³-hybridized carbons (Fsp3) is 0.182. The fourth-order valence-corrected chi connectivity index (χ4v) is 1.70. The maximum absolute atomic E-state index is 11.8. The molecule has 1 aromatic rings. The lowest BCUT2D eigenvalue weighted by molar-refractivity contribution is -0.124. The summed E-state index contributed by atoms with van der Waals surface area (Å²) in [5.41, 5.74) is 0.380. The van der Waals surface area contributed by atoms with Crippen molar-refractivity contribution >= 4 is 29.3 Å². The highest BCUT2D eigenvalue weighted by molar-refractivity contribution is 6.31. The van der Waals surface area contributed by atoms with Gasteiger partial charge in [-0.05, 0) is 12.1 Å². The second-order valence-corrected chi connectivity index (χ2v) is 4.01. The van der Waals surface area contributed by atoms with E-state index in [1.807, 2.05) is 0 Å². The SMILES string of the molecule is O=C(CN1C(=O)CNC1=O)c1cccc(Cl)c1. The van der Waals surface area contributed by atoms with Crippen LogP contribution in [-0.4, -0.2) is 35.7 Å². The molecule has 0 aliphatic carbocycles. The van der Waals surface area contributed by atoms with Gasteiger partial charge in [0.1, 0.15) is 0 Å². The number of rotatable bonds is 3. The van der Waals surface area contributed by atoms with E-state index >= 15 is 0 Å². The molecule has 1 saturated heterocycles. The molecular formula is C11H9ClN2O3. The molecule has 1 aliphatic rings.